The summed E-state index contributed by atoms with van der Waals surface area (Å²) in [5.74, 6) is -1.38. The second-order valence-corrected chi connectivity index (χ2v) is 19.0. The fourth-order valence-electron chi connectivity index (χ4n) is 6.89. The van der Waals surface area contributed by atoms with Crippen LogP contribution in [0, 0.1) is 17.8 Å². The van der Waals surface area contributed by atoms with Crippen LogP contribution in [0.5, 0.6) is 0 Å². The van der Waals surface area contributed by atoms with Gasteiger partial charge in [0, 0.05) is 39.1 Å². The lowest BCUT2D eigenvalue weighted by atomic mass is 9.85. The third kappa shape index (κ3) is 26.5. The zero-order valence-electron chi connectivity index (χ0n) is 43.1. The van der Waals surface area contributed by atoms with Crippen molar-refractivity contribution in [2.75, 3.05) is 166 Å². The molecule has 406 valence electrons. The van der Waals surface area contributed by atoms with Gasteiger partial charge in [-0.25, -0.2) is 4.98 Å². The van der Waals surface area contributed by atoms with E-state index in [0.29, 0.717) is 106 Å². The van der Waals surface area contributed by atoms with Crippen molar-refractivity contribution in [3.8, 4) is 10.4 Å². The van der Waals surface area contributed by atoms with E-state index in [1.807, 2.05) is 64.4 Å². The highest BCUT2D eigenvalue weighted by molar-refractivity contribution is 7.13. The van der Waals surface area contributed by atoms with E-state index in [1.165, 1.54) is 4.90 Å². The van der Waals surface area contributed by atoms with Gasteiger partial charge in [0.1, 0.15) is 32.3 Å². The Morgan fingerprint density at radius 3 is 1.62 bits per heavy atom. The number of carbonyl (C=O) groups excluding carboxylic acids is 3. The second kappa shape index (κ2) is 36.6. The molecule has 1 aromatic carbocycles. The van der Waals surface area contributed by atoms with E-state index in [0.717, 1.165) is 21.7 Å². The highest BCUT2D eigenvalue weighted by atomic mass is 32.1. The molecule has 1 aliphatic rings. The fraction of sp³-hybridized carbons (Fsp3) is 0.755. The zero-order valence-corrected chi connectivity index (χ0v) is 43.9. The minimum atomic E-state index is -1.02. The zero-order chi connectivity index (χ0) is 51.6. The molecule has 3 N–H and O–H groups in total. The Balaban J connectivity index is 1.46. The van der Waals surface area contributed by atoms with E-state index in [4.69, 9.17) is 61.6 Å². The lowest BCUT2D eigenvalue weighted by Gasteiger charge is -2.35. The van der Waals surface area contributed by atoms with Gasteiger partial charge in [-0.3, -0.25) is 14.4 Å². The monoisotopic (exact) mass is 1030 g/mol. The van der Waals surface area contributed by atoms with Gasteiger partial charge >= 0.3 is 0 Å². The standard InChI is InChI=1S/C49H82N4O17S/c1-38-44(71-35-51-38)40-10-8-39(9-11-40)29-50-46(56)42-28-41(54)30-53(42)47(57)45(48(2,3)4)52-43(55)31-70-34-49(5,32-64-24-20-60-16-18-62-22-26-68-36-66-14-12-58-6)33-65-25-21-61-17-19-63-23-27-69-37-67-15-13-59-7/h8-11,35,41-42,45,54H,12-34,36-37H2,1-7H3,(H,50,56)(H,52,55)/t41-,42+,45-/m1/s1. The number of amides is 3. The number of hydrogen-bond donors (Lipinski definition) is 3. The predicted octanol–water partition coefficient (Wildman–Crippen LogP) is 2.62. The molecule has 0 bridgehead atoms. The maximum absolute atomic E-state index is 14.2. The van der Waals surface area contributed by atoms with Crippen LogP contribution in [0.25, 0.3) is 10.4 Å². The molecule has 0 saturated carbocycles. The van der Waals surface area contributed by atoms with Gasteiger partial charge in [-0.05, 0) is 23.5 Å². The average Bonchev–Trinajstić information content (AvgIpc) is 3.97. The summed E-state index contributed by atoms with van der Waals surface area (Å²) < 4.78 is 71.3. The van der Waals surface area contributed by atoms with Gasteiger partial charge in [-0.1, -0.05) is 52.0 Å². The first-order valence-corrected chi connectivity index (χ1v) is 25.0. The van der Waals surface area contributed by atoms with Crippen LogP contribution < -0.4 is 10.6 Å². The summed E-state index contributed by atoms with van der Waals surface area (Å²) in [5, 5.41) is 16.5. The first-order valence-electron chi connectivity index (χ1n) is 24.2. The Morgan fingerprint density at radius 2 is 1.15 bits per heavy atom. The van der Waals surface area contributed by atoms with Crippen LogP contribution in [0.3, 0.4) is 0 Å². The summed E-state index contributed by atoms with van der Waals surface area (Å²) in [6.07, 6.45) is -0.827. The quantitative estimate of drug-likeness (QED) is 0.0641. The number of benzene rings is 1. The van der Waals surface area contributed by atoms with Crippen LogP contribution in [0.2, 0.25) is 0 Å². The van der Waals surface area contributed by atoms with Crippen molar-refractivity contribution < 1.29 is 81.1 Å². The number of nitrogens with one attached hydrogen (secondary N) is 2. The third-order valence-corrected chi connectivity index (χ3v) is 11.7. The van der Waals surface area contributed by atoms with Gasteiger partial charge in [-0.15, -0.1) is 11.3 Å². The van der Waals surface area contributed by atoms with Gasteiger partial charge in [0.05, 0.1) is 148 Å². The number of ether oxygens (including phenoxy) is 13. The van der Waals surface area contributed by atoms with Crippen LogP contribution in [0.4, 0.5) is 0 Å². The van der Waals surface area contributed by atoms with Crippen LogP contribution in [0.15, 0.2) is 29.8 Å². The molecule has 3 atom stereocenters. The van der Waals surface area contributed by atoms with Crippen molar-refractivity contribution in [2.24, 2.45) is 10.8 Å². The van der Waals surface area contributed by atoms with Gasteiger partial charge in [-0.2, -0.15) is 0 Å². The lowest BCUT2D eigenvalue weighted by molar-refractivity contribution is -0.145. The summed E-state index contributed by atoms with van der Waals surface area (Å²) in [5.41, 5.74) is 3.26. The molecule has 0 radical (unpaired) electrons. The Labute approximate surface area is 424 Å². The number of nitrogens with zero attached hydrogens (tertiary/aromatic N) is 2. The number of aryl methyl sites for hydroxylation is 1. The summed E-state index contributed by atoms with van der Waals surface area (Å²) in [6, 6.07) is 5.91. The molecule has 0 spiro atoms. The van der Waals surface area contributed by atoms with Crippen LogP contribution in [-0.4, -0.2) is 217 Å². The molecule has 0 unspecified atom stereocenters. The lowest BCUT2D eigenvalue weighted by Crippen LogP contribution is -2.58. The molecule has 71 heavy (non-hydrogen) atoms. The number of aromatic nitrogens is 1. The van der Waals surface area contributed by atoms with E-state index in [9.17, 15) is 19.5 Å². The number of methoxy groups -OCH3 is 2. The van der Waals surface area contributed by atoms with Crippen molar-refractivity contribution in [3.05, 3.63) is 41.0 Å². The number of hydrogen-bond acceptors (Lipinski definition) is 19. The number of rotatable bonds is 42. The van der Waals surface area contributed by atoms with Crippen molar-refractivity contribution >= 4 is 29.1 Å². The molecule has 3 amide bonds. The Hall–Kier alpha value is -3.30. The molecule has 1 fully saturated rings. The first kappa shape index (κ1) is 62.0. The molecule has 1 aliphatic heterocycles. The molecule has 1 saturated heterocycles. The number of aliphatic hydroxyl groups excluding tert-OH is 1. The third-order valence-electron chi connectivity index (χ3n) is 10.7. The average molecular weight is 1030 g/mol. The molecule has 2 heterocycles. The summed E-state index contributed by atoms with van der Waals surface area (Å²) in [7, 11) is 3.22. The molecule has 2 aromatic rings. The Bertz CT molecular complexity index is 1680. The van der Waals surface area contributed by atoms with Gasteiger partial charge in [0.2, 0.25) is 17.7 Å². The number of likely N-dealkylation sites (tertiary alicyclic amines) is 1. The molecular formula is C49H82N4O17S. The van der Waals surface area contributed by atoms with Crippen LogP contribution in [0.1, 0.15) is 45.4 Å². The molecular weight excluding hydrogens is 949 g/mol. The summed E-state index contributed by atoms with van der Waals surface area (Å²) >= 11 is 1.57. The van der Waals surface area contributed by atoms with E-state index in [2.05, 4.69) is 15.6 Å². The SMILES string of the molecule is COCCOCOCCOCCOCCOCC(C)(COCCOCCOCCOCOCCOC)COCC(=O)N[C@H](C(=O)N1C[C@H](O)C[C@H]1C(=O)NCc1ccc(-c2scnc2C)cc1)C(C)(C)C. The Kier molecular flexibility index (Phi) is 32.0. The molecule has 1 aromatic heterocycles. The minimum absolute atomic E-state index is 0.0430. The van der Waals surface area contributed by atoms with Gasteiger partial charge in [0.25, 0.3) is 0 Å². The molecule has 22 heteroatoms. The summed E-state index contributed by atoms with van der Waals surface area (Å²) in [6.45, 7) is 16.5. The molecule has 3 rings (SSSR count). The van der Waals surface area contributed by atoms with Crippen molar-refractivity contribution in [1.82, 2.24) is 20.5 Å². The van der Waals surface area contributed by atoms with Crippen LogP contribution in [-0.2, 0) is 82.5 Å². The second-order valence-electron chi connectivity index (χ2n) is 18.2. The maximum atomic E-state index is 14.2. The largest absolute Gasteiger partial charge is 0.391 e. The maximum Gasteiger partial charge on any atom is 0.246 e. The Morgan fingerprint density at radius 1 is 0.690 bits per heavy atom. The normalized spacial score (nSPS) is 15.6. The first-order chi connectivity index (χ1) is 34.3. The van der Waals surface area contributed by atoms with E-state index in [-0.39, 0.29) is 65.4 Å². The summed E-state index contributed by atoms with van der Waals surface area (Å²) in [4.78, 5) is 48.0. The molecule has 21 nitrogen and oxygen atoms in total. The number of aliphatic hydroxyl groups is 1. The van der Waals surface area contributed by atoms with Crippen LogP contribution >= 0.6 is 11.3 Å². The number of carbonyl (C=O) groups is 3. The van der Waals surface area contributed by atoms with Crippen molar-refractivity contribution in [3.63, 3.8) is 0 Å². The van der Waals surface area contributed by atoms with Gasteiger partial charge in [0.15, 0.2) is 0 Å². The topological polar surface area (TPSA) is 232 Å². The predicted molar refractivity (Wildman–Crippen MR) is 263 cm³/mol. The smallest absolute Gasteiger partial charge is 0.246 e. The molecule has 0 aliphatic carbocycles. The highest BCUT2D eigenvalue weighted by Gasteiger charge is 2.44. The van der Waals surface area contributed by atoms with Crippen molar-refractivity contribution in [2.45, 2.75) is 65.8 Å². The van der Waals surface area contributed by atoms with Crippen molar-refractivity contribution in [1.29, 1.82) is 0 Å². The number of β-amino-alcohol motifs (C(OH)–C–C–N with tert-alkyl or cyclic N) is 1. The van der Waals surface area contributed by atoms with E-state index >= 15 is 0 Å². The van der Waals surface area contributed by atoms with E-state index in [1.54, 1.807) is 25.6 Å². The fourth-order valence-corrected chi connectivity index (χ4v) is 7.70. The highest BCUT2D eigenvalue weighted by Crippen LogP contribution is 2.28. The number of thiazole rings is 1. The minimum Gasteiger partial charge on any atom is -0.391 e. The van der Waals surface area contributed by atoms with E-state index < -0.39 is 40.8 Å². The van der Waals surface area contributed by atoms with Gasteiger partial charge < -0.3 is 82.2 Å².